The fourth-order valence-electron chi connectivity index (χ4n) is 1.40. The van der Waals surface area contributed by atoms with E-state index in [1.165, 1.54) is 0 Å². The maximum Gasteiger partial charge on any atom is 0.158 e. The number of hydrogen-bond acceptors (Lipinski definition) is 2. The molecule has 0 atom stereocenters. The van der Waals surface area contributed by atoms with Crippen LogP contribution in [0, 0.1) is 20.8 Å². The standard InChI is InChI=1S/C9H11N3/c1-6-8(3)12-5-4-10-9(12)7(2)11-6/h4-5H,1-3H3. The lowest BCUT2D eigenvalue weighted by Gasteiger charge is -2.04. The van der Waals surface area contributed by atoms with Crippen LogP contribution in [0.15, 0.2) is 12.4 Å². The number of hydrogen-bond donors (Lipinski definition) is 0. The van der Waals surface area contributed by atoms with E-state index in [0.717, 1.165) is 22.7 Å². The fourth-order valence-corrected chi connectivity index (χ4v) is 1.40. The molecule has 0 aliphatic carbocycles. The Morgan fingerprint density at radius 2 is 1.92 bits per heavy atom. The van der Waals surface area contributed by atoms with Gasteiger partial charge in [-0.1, -0.05) is 0 Å². The van der Waals surface area contributed by atoms with E-state index in [2.05, 4.69) is 21.3 Å². The second-order valence-corrected chi connectivity index (χ2v) is 2.99. The summed E-state index contributed by atoms with van der Waals surface area (Å²) in [7, 11) is 0. The molecule has 0 aliphatic heterocycles. The molecule has 0 saturated heterocycles. The van der Waals surface area contributed by atoms with Crippen molar-refractivity contribution in [3.05, 3.63) is 29.5 Å². The van der Waals surface area contributed by atoms with E-state index >= 15 is 0 Å². The van der Waals surface area contributed by atoms with E-state index in [1.54, 1.807) is 6.20 Å². The smallest absolute Gasteiger partial charge is 0.158 e. The molecule has 3 heteroatoms. The molecule has 3 nitrogen and oxygen atoms in total. The fraction of sp³-hybridized carbons (Fsp3) is 0.333. The van der Waals surface area contributed by atoms with Crippen LogP contribution in [0.5, 0.6) is 0 Å². The average molecular weight is 161 g/mol. The first-order valence-electron chi connectivity index (χ1n) is 3.97. The Hall–Kier alpha value is -1.38. The van der Waals surface area contributed by atoms with Crippen LogP contribution in [-0.4, -0.2) is 14.4 Å². The molecule has 12 heavy (non-hydrogen) atoms. The SMILES string of the molecule is Cc1nc(C)c2nccn2c1C. The van der Waals surface area contributed by atoms with Crippen molar-refractivity contribution in [2.24, 2.45) is 0 Å². The number of fused-ring (bicyclic) bond motifs is 1. The van der Waals surface area contributed by atoms with Crippen molar-refractivity contribution in [1.29, 1.82) is 0 Å². The average Bonchev–Trinajstić information content (AvgIpc) is 2.48. The zero-order chi connectivity index (χ0) is 8.72. The van der Waals surface area contributed by atoms with Crippen LogP contribution < -0.4 is 0 Å². The molecule has 0 bridgehead atoms. The second kappa shape index (κ2) is 2.30. The molecular weight excluding hydrogens is 150 g/mol. The Morgan fingerprint density at radius 3 is 2.67 bits per heavy atom. The largest absolute Gasteiger partial charge is 0.301 e. The third-order valence-electron chi connectivity index (χ3n) is 2.18. The van der Waals surface area contributed by atoms with Gasteiger partial charge in [0, 0.05) is 18.1 Å². The minimum absolute atomic E-state index is 0.957. The van der Waals surface area contributed by atoms with Crippen LogP contribution in [0.25, 0.3) is 5.65 Å². The molecule has 0 radical (unpaired) electrons. The van der Waals surface area contributed by atoms with Gasteiger partial charge in [-0.15, -0.1) is 0 Å². The van der Waals surface area contributed by atoms with E-state index in [-0.39, 0.29) is 0 Å². The Labute approximate surface area is 71.1 Å². The number of nitrogens with zero attached hydrogens (tertiary/aromatic N) is 3. The first-order chi connectivity index (χ1) is 5.70. The molecule has 2 aromatic heterocycles. The number of aryl methyl sites for hydroxylation is 3. The molecule has 0 fully saturated rings. The van der Waals surface area contributed by atoms with Gasteiger partial charge >= 0.3 is 0 Å². The Balaban J connectivity index is 2.97. The van der Waals surface area contributed by atoms with E-state index < -0.39 is 0 Å². The molecule has 2 heterocycles. The Bertz CT molecular complexity index is 429. The maximum absolute atomic E-state index is 4.39. The highest BCUT2D eigenvalue weighted by Gasteiger charge is 2.04. The summed E-state index contributed by atoms with van der Waals surface area (Å²) in [5, 5.41) is 0. The third-order valence-corrected chi connectivity index (χ3v) is 2.18. The highest BCUT2D eigenvalue weighted by Crippen LogP contribution is 2.10. The summed E-state index contributed by atoms with van der Waals surface area (Å²) in [6, 6.07) is 0. The van der Waals surface area contributed by atoms with Crippen LogP contribution in [0.2, 0.25) is 0 Å². The summed E-state index contributed by atoms with van der Waals surface area (Å²) in [6.07, 6.45) is 3.77. The summed E-state index contributed by atoms with van der Waals surface area (Å²) < 4.78 is 2.07. The predicted molar refractivity (Wildman–Crippen MR) is 47.2 cm³/mol. The predicted octanol–water partition coefficient (Wildman–Crippen LogP) is 1.65. The second-order valence-electron chi connectivity index (χ2n) is 2.99. The molecule has 0 amide bonds. The van der Waals surface area contributed by atoms with Crippen molar-refractivity contribution in [2.75, 3.05) is 0 Å². The highest BCUT2D eigenvalue weighted by atomic mass is 15.0. The lowest BCUT2D eigenvalue weighted by Crippen LogP contribution is -1.99. The van der Waals surface area contributed by atoms with Crippen LogP contribution in [0.3, 0.4) is 0 Å². The van der Waals surface area contributed by atoms with Gasteiger partial charge in [0.15, 0.2) is 5.65 Å². The number of imidazole rings is 1. The van der Waals surface area contributed by atoms with Crippen LogP contribution in [-0.2, 0) is 0 Å². The monoisotopic (exact) mass is 161 g/mol. The molecular formula is C9H11N3. The summed E-state index contributed by atoms with van der Waals surface area (Å²) in [5.74, 6) is 0. The Morgan fingerprint density at radius 1 is 1.17 bits per heavy atom. The summed E-state index contributed by atoms with van der Waals surface area (Å²) in [5.41, 5.74) is 4.17. The van der Waals surface area contributed by atoms with Gasteiger partial charge in [-0.2, -0.15) is 0 Å². The lowest BCUT2D eigenvalue weighted by molar-refractivity contribution is 0.969. The molecule has 0 unspecified atom stereocenters. The van der Waals surface area contributed by atoms with Crippen LogP contribution in [0.4, 0.5) is 0 Å². The maximum atomic E-state index is 4.39. The molecule has 0 saturated carbocycles. The van der Waals surface area contributed by atoms with Gasteiger partial charge in [-0.25, -0.2) is 4.98 Å². The summed E-state index contributed by atoms with van der Waals surface area (Å²) in [4.78, 5) is 8.61. The van der Waals surface area contributed by atoms with Crippen molar-refractivity contribution in [3.8, 4) is 0 Å². The number of aromatic nitrogens is 3. The molecule has 62 valence electrons. The zero-order valence-electron chi connectivity index (χ0n) is 7.50. The van der Waals surface area contributed by atoms with Gasteiger partial charge < -0.3 is 4.40 Å². The van der Waals surface area contributed by atoms with E-state index in [0.29, 0.717) is 0 Å². The van der Waals surface area contributed by atoms with Crippen molar-refractivity contribution < 1.29 is 0 Å². The summed E-state index contributed by atoms with van der Waals surface area (Å²) in [6.45, 7) is 6.05. The zero-order valence-corrected chi connectivity index (χ0v) is 7.50. The number of rotatable bonds is 0. The van der Waals surface area contributed by atoms with Gasteiger partial charge in [0.2, 0.25) is 0 Å². The topological polar surface area (TPSA) is 30.2 Å². The van der Waals surface area contributed by atoms with E-state index in [1.807, 2.05) is 20.0 Å². The van der Waals surface area contributed by atoms with Crippen LogP contribution >= 0.6 is 0 Å². The molecule has 0 aliphatic rings. The Kier molecular flexibility index (Phi) is 1.40. The van der Waals surface area contributed by atoms with Gasteiger partial charge in [-0.05, 0) is 20.8 Å². The van der Waals surface area contributed by atoms with Crippen molar-refractivity contribution >= 4 is 5.65 Å². The minimum atomic E-state index is 0.957. The lowest BCUT2D eigenvalue weighted by atomic mass is 10.3. The first-order valence-corrected chi connectivity index (χ1v) is 3.97. The first kappa shape index (κ1) is 7.28. The van der Waals surface area contributed by atoms with Crippen molar-refractivity contribution in [2.45, 2.75) is 20.8 Å². The van der Waals surface area contributed by atoms with E-state index in [9.17, 15) is 0 Å². The third kappa shape index (κ3) is 0.826. The van der Waals surface area contributed by atoms with Crippen molar-refractivity contribution in [1.82, 2.24) is 14.4 Å². The van der Waals surface area contributed by atoms with Crippen molar-refractivity contribution in [3.63, 3.8) is 0 Å². The molecule has 2 rings (SSSR count). The minimum Gasteiger partial charge on any atom is -0.301 e. The van der Waals surface area contributed by atoms with Crippen LogP contribution in [0.1, 0.15) is 17.1 Å². The van der Waals surface area contributed by atoms with Gasteiger partial charge in [-0.3, -0.25) is 4.98 Å². The normalized spacial score (nSPS) is 10.9. The molecule has 2 aromatic rings. The quantitative estimate of drug-likeness (QED) is 0.588. The molecule has 0 aromatic carbocycles. The molecule has 0 N–H and O–H groups in total. The van der Waals surface area contributed by atoms with E-state index in [4.69, 9.17) is 0 Å². The van der Waals surface area contributed by atoms with Gasteiger partial charge in [0.1, 0.15) is 0 Å². The molecule has 0 spiro atoms. The highest BCUT2D eigenvalue weighted by molar-refractivity contribution is 5.45. The van der Waals surface area contributed by atoms with Gasteiger partial charge in [0.25, 0.3) is 0 Å². The van der Waals surface area contributed by atoms with Gasteiger partial charge in [0.05, 0.1) is 11.4 Å². The summed E-state index contributed by atoms with van der Waals surface area (Å²) >= 11 is 0.